The number of hydrogen-bond donors (Lipinski definition) is 2. The molecule has 2 atom stereocenters. The van der Waals surface area contributed by atoms with Crippen LogP contribution in [-0.4, -0.2) is 47.8 Å². The van der Waals surface area contributed by atoms with Crippen LogP contribution in [0.4, 0.5) is 13.2 Å². The minimum atomic E-state index is -4.49. The summed E-state index contributed by atoms with van der Waals surface area (Å²) in [6.45, 7) is 1.25. The second-order valence-corrected chi connectivity index (χ2v) is 4.01. The number of rotatable bonds is 6. The summed E-state index contributed by atoms with van der Waals surface area (Å²) in [5, 5.41) is 8.66. The van der Waals surface area contributed by atoms with Crippen LogP contribution in [0.5, 0.6) is 0 Å². The highest BCUT2D eigenvalue weighted by atomic mass is 19.4. The van der Waals surface area contributed by atoms with E-state index in [2.05, 4.69) is 0 Å². The van der Waals surface area contributed by atoms with Gasteiger partial charge >= 0.3 is 6.18 Å². The summed E-state index contributed by atoms with van der Waals surface area (Å²) in [5.41, 5.74) is 5.58. The van der Waals surface area contributed by atoms with Gasteiger partial charge < -0.3 is 15.7 Å². The van der Waals surface area contributed by atoms with Gasteiger partial charge in [0.2, 0.25) is 5.91 Å². The number of nitrogens with zero attached hydrogens (tertiary/aromatic N) is 1. The van der Waals surface area contributed by atoms with Crippen LogP contribution in [0.1, 0.15) is 20.3 Å². The molecule has 102 valence electrons. The number of aliphatic hydroxyl groups excluding tert-OH is 1. The normalized spacial score (nSPS) is 15.5. The Labute approximate surface area is 98.6 Å². The molecular formula is C10H19F3N2O2. The Morgan fingerprint density at radius 3 is 2.35 bits per heavy atom. The van der Waals surface area contributed by atoms with Gasteiger partial charge in [0.25, 0.3) is 0 Å². The lowest BCUT2D eigenvalue weighted by molar-refractivity contribution is -0.163. The zero-order valence-electron chi connectivity index (χ0n) is 10.00. The Hall–Kier alpha value is -0.820. The average molecular weight is 256 g/mol. The molecule has 4 nitrogen and oxygen atoms in total. The zero-order chi connectivity index (χ0) is 13.6. The van der Waals surface area contributed by atoms with E-state index < -0.39 is 31.3 Å². The van der Waals surface area contributed by atoms with E-state index in [1.54, 1.807) is 13.8 Å². The standard InChI is InChI=1S/C10H19F3N2O2/c1-3-7(2)8(14)9(17)15(4-5-16)6-10(11,12)13/h7-8,16H,3-6,14H2,1-2H3. The molecule has 0 aromatic heterocycles. The van der Waals surface area contributed by atoms with E-state index in [4.69, 9.17) is 10.8 Å². The van der Waals surface area contributed by atoms with Gasteiger partial charge in [0, 0.05) is 6.54 Å². The van der Waals surface area contributed by atoms with E-state index in [0.29, 0.717) is 11.3 Å². The molecule has 3 N–H and O–H groups in total. The van der Waals surface area contributed by atoms with Gasteiger partial charge in [-0.1, -0.05) is 20.3 Å². The SMILES string of the molecule is CCC(C)C(N)C(=O)N(CCO)CC(F)(F)F. The van der Waals surface area contributed by atoms with Gasteiger partial charge in [-0.15, -0.1) is 0 Å². The summed E-state index contributed by atoms with van der Waals surface area (Å²) in [7, 11) is 0. The summed E-state index contributed by atoms with van der Waals surface area (Å²) >= 11 is 0. The number of carbonyl (C=O) groups excluding carboxylic acids is 1. The van der Waals surface area contributed by atoms with Crippen LogP contribution in [0.15, 0.2) is 0 Å². The second kappa shape index (κ2) is 6.80. The number of amides is 1. The molecule has 0 aliphatic carbocycles. The van der Waals surface area contributed by atoms with Crippen LogP contribution in [0.25, 0.3) is 0 Å². The monoisotopic (exact) mass is 256 g/mol. The van der Waals surface area contributed by atoms with Crippen molar-refractivity contribution in [2.45, 2.75) is 32.5 Å². The van der Waals surface area contributed by atoms with E-state index in [-0.39, 0.29) is 12.5 Å². The maximum atomic E-state index is 12.2. The van der Waals surface area contributed by atoms with Crippen LogP contribution in [0.3, 0.4) is 0 Å². The molecule has 17 heavy (non-hydrogen) atoms. The molecule has 0 saturated carbocycles. The summed E-state index contributed by atoms with van der Waals surface area (Å²) in [6, 6.07) is -0.964. The summed E-state index contributed by atoms with van der Waals surface area (Å²) in [5.74, 6) is -0.970. The Bertz CT molecular complexity index is 246. The fourth-order valence-corrected chi connectivity index (χ4v) is 1.31. The number of aliphatic hydroxyl groups is 1. The molecule has 0 aromatic rings. The summed E-state index contributed by atoms with van der Waals surface area (Å²) in [4.78, 5) is 12.3. The van der Waals surface area contributed by atoms with Gasteiger partial charge in [0.1, 0.15) is 6.54 Å². The lowest BCUT2D eigenvalue weighted by Gasteiger charge is -2.28. The Morgan fingerprint density at radius 1 is 1.47 bits per heavy atom. The van der Waals surface area contributed by atoms with Crippen molar-refractivity contribution in [3.05, 3.63) is 0 Å². The van der Waals surface area contributed by atoms with Crippen molar-refractivity contribution in [3.63, 3.8) is 0 Å². The molecule has 0 aliphatic rings. The highest BCUT2D eigenvalue weighted by Gasteiger charge is 2.35. The third kappa shape index (κ3) is 5.88. The fourth-order valence-electron chi connectivity index (χ4n) is 1.31. The first-order chi connectivity index (χ1) is 7.72. The van der Waals surface area contributed by atoms with Crippen LogP contribution in [-0.2, 0) is 4.79 Å². The Morgan fingerprint density at radius 2 is 2.00 bits per heavy atom. The fraction of sp³-hybridized carbons (Fsp3) is 0.900. The Kier molecular flexibility index (Phi) is 6.48. The van der Waals surface area contributed by atoms with Crippen molar-refractivity contribution in [3.8, 4) is 0 Å². The number of hydrogen-bond acceptors (Lipinski definition) is 3. The topological polar surface area (TPSA) is 66.6 Å². The number of alkyl halides is 3. The van der Waals surface area contributed by atoms with Crippen molar-refractivity contribution in [2.75, 3.05) is 19.7 Å². The molecule has 0 rings (SSSR count). The Balaban J connectivity index is 4.64. The van der Waals surface area contributed by atoms with Gasteiger partial charge in [0.15, 0.2) is 0 Å². The number of nitrogens with two attached hydrogens (primary N) is 1. The molecule has 0 aliphatic heterocycles. The van der Waals surface area contributed by atoms with E-state index in [0.717, 1.165) is 0 Å². The van der Waals surface area contributed by atoms with Gasteiger partial charge in [-0.2, -0.15) is 13.2 Å². The summed E-state index contributed by atoms with van der Waals surface area (Å²) < 4.78 is 36.7. The predicted molar refractivity (Wildman–Crippen MR) is 57.2 cm³/mol. The third-order valence-corrected chi connectivity index (χ3v) is 2.59. The zero-order valence-corrected chi connectivity index (χ0v) is 10.00. The van der Waals surface area contributed by atoms with Crippen LogP contribution in [0.2, 0.25) is 0 Å². The lowest BCUT2D eigenvalue weighted by atomic mass is 9.99. The molecule has 0 radical (unpaired) electrons. The molecule has 0 fully saturated rings. The molecule has 0 aromatic carbocycles. The van der Waals surface area contributed by atoms with E-state index >= 15 is 0 Å². The van der Waals surface area contributed by atoms with E-state index in [9.17, 15) is 18.0 Å². The molecule has 0 saturated heterocycles. The van der Waals surface area contributed by atoms with E-state index in [1.165, 1.54) is 0 Å². The van der Waals surface area contributed by atoms with Gasteiger partial charge in [-0.25, -0.2) is 0 Å². The highest BCUT2D eigenvalue weighted by molar-refractivity contribution is 5.82. The average Bonchev–Trinajstić information content (AvgIpc) is 2.23. The molecule has 0 spiro atoms. The van der Waals surface area contributed by atoms with Gasteiger partial charge in [-0.3, -0.25) is 4.79 Å². The van der Waals surface area contributed by atoms with Crippen LogP contribution in [0, 0.1) is 5.92 Å². The van der Waals surface area contributed by atoms with Gasteiger partial charge in [-0.05, 0) is 5.92 Å². The maximum absolute atomic E-state index is 12.2. The van der Waals surface area contributed by atoms with Crippen LogP contribution >= 0.6 is 0 Å². The minimum Gasteiger partial charge on any atom is -0.395 e. The van der Waals surface area contributed by atoms with Crippen LogP contribution < -0.4 is 5.73 Å². The number of halogens is 3. The molecule has 7 heteroatoms. The van der Waals surface area contributed by atoms with Gasteiger partial charge in [0.05, 0.1) is 12.6 Å². The predicted octanol–water partition coefficient (Wildman–Crippen LogP) is 0.743. The van der Waals surface area contributed by atoms with Crippen molar-refractivity contribution in [1.82, 2.24) is 4.90 Å². The molecular weight excluding hydrogens is 237 g/mol. The highest BCUT2D eigenvalue weighted by Crippen LogP contribution is 2.18. The molecule has 0 heterocycles. The molecule has 2 unspecified atom stereocenters. The van der Waals surface area contributed by atoms with Crippen molar-refractivity contribution in [1.29, 1.82) is 0 Å². The quantitative estimate of drug-likeness (QED) is 0.736. The third-order valence-electron chi connectivity index (χ3n) is 2.59. The first-order valence-corrected chi connectivity index (χ1v) is 5.44. The summed E-state index contributed by atoms with van der Waals surface area (Å²) in [6.07, 6.45) is -3.88. The minimum absolute atomic E-state index is 0.197. The maximum Gasteiger partial charge on any atom is 0.406 e. The van der Waals surface area contributed by atoms with Crippen molar-refractivity contribution < 1.29 is 23.1 Å². The first kappa shape index (κ1) is 16.2. The number of carbonyl (C=O) groups is 1. The molecule has 0 bridgehead atoms. The second-order valence-electron chi connectivity index (χ2n) is 4.01. The van der Waals surface area contributed by atoms with Crippen molar-refractivity contribution >= 4 is 5.91 Å². The largest absolute Gasteiger partial charge is 0.406 e. The van der Waals surface area contributed by atoms with Crippen molar-refractivity contribution in [2.24, 2.45) is 11.7 Å². The van der Waals surface area contributed by atoms with E-state index in [1.807, 2.05) is 0 Å². The smallest absolute Gasteiger partial charge is 0.395 e. The molecule has 1 amide bonds. The first-order valence-electron chi connectivity index (χ1n) is 5.44. The lowest BCUT2D eigenvalue weighted by Crippen LogP contribution is -2.50.